The van der Waals surface area contributed by atoms with Gasteiger partial charge in [0.2, 0.25) is 0 Å². The fourth-order valence-corrected chi connectivity index (χ4v) is 3.34. The number of rotatable bonds is 5. The van der Waals surface area contributed by atoms with Crippen LogP contribution in [0.2, 0.25) is 5.02 Å². The second-order valence-corrected chi connectivity index (χ2v) is 6.72. The maximum Gasteiger partial charge on any atom is 0.421 e. The fourth-order valence-electron chi connectivity index (χ4n) is 3.18. The van der Waals surface area contributed by atoms with E-state index in [0.29, 0.717) is 29.2 Å². The molecule has 1 atom stereocenters. The van der Waals surface area contributed by atoms with Crippen molar-refractivity contribution in [3.63, 3.8) is 0 Å². The smallest absolute Gasteiger partial charge is 0.408 e. The lowest BCUT2D eigenvalue weighted by atomic mass is 10.1. The lowest BCUT2D eigenvalue weighted by molar-refractivity contribution is 0.145. The van der Waals surface area contributed by atoms with Gasteiger partial charge in [0.1, 0.15) is 0 Å². The summed E-state index contributed by atoms with van der Waals surface area (Å²) < 4.78 is 12.5. The van der Waals surface area contributed by atoms with E-state index in [0.717, 1.165) is 31.7 Å². The van der Waals surface area contributed by atoms with E-state index in [1.165, 1.54) is 12.8 Å². The van der Waals surface area contributed by atoms with E-state index in [9.17, 15) is 4.79 Å². The van der Waals surface area contributed by atoms with Crippen molar-refractivity contribution in [2.45, 2.75) is 32.0 Å². The number of hydrogen-bond acceptors (Lipinski definition) is 4. The highest BCUT2D eigenvalue weighted by molar-refractivity contribution is 6.31. The summed E-state index contributed by atoms with van der Waals surface area (Å²) in [5.41, 5.74) is 1.36. The zero-order valence-electron chi connectivity index (χ0n) is 12.3. The van der Waals surface area contributed by atoms with Gasteiger partial charge in [0.25, 0.3) is 0 Å². The first-order valence-electron chi connectivity index (χ1n) is 7.81. The van der Waals surface area contributed by atoms with Crippen LogP contribution < -0.4 is 5.76 Å². The van der Waals surface area contributed by atoms with Crippen molar-refractivity contribution in [2.75, 3.05) is 19.8 Å². The third-order valence-electron chi connectivity index (χ3n) is 4.53. The SMILES string of the molecule is O=c1oc2cc(Cl)ccc2n1CN(CC1CCOC1)C1CC1. The monoisotopic (exact) mass is 322 g/mol. The van der Waals surface area contributed by atoms with Crippen LogP contribution in [0, 0.1) is 5.92 Å². The molecule has 1 saturated heterocycles. The van der Waals surface area contributed by atoms with E-state index in [1.807, 2.05) is 6.07 Å². The number of halogens is 1. The van der Waals surface area contributed by atoms with Crippen LogP contribution in [0.4, 0.5) is 0 Å². The molecule has 1 saturated carbocycles. The van der Waals surface area contributed by atoms with Gasteiger partial charge in [0, 0.05) is 30.3 Å². The molecule has 1 unspecified atom stereocenters. The summed E-state index contributed by atoms with van der Waals surface area (Å²) in [6, 6.07) is 5.93. The first-order chi connectivity index (χ1) is 10.7. The summed E-state index contributed by atoms with van der Waals surface area (Å²) in [7, 11) is 0. The largest absolute Gasteiger partial charge is 0.421 e. The molecule has 2 aromatic rings. The Morgan fingerprint density at radius 1 is 1.32 bits per heavy atom. The van der Waals surface area contributed by atoms with Crippen molar-refractivity contribution in [3.05, 3.63) is 33.8 Å². The summed E-state index contributed by atoms with van der Waals surface area (Å²) >= 11 is 5.96. The van der Waals surface area contributed by atoms with Gasteiger partial charge in [-0.1, -0.05) is 11.6 Å². The van der Waals surface area contributed by atoms with Crippen LogP contribution in [0.15, 0.2) is 27.4 Å². The number of benzene rings is 1. The van der Waals surface area contributed by atoms with Crippen LogP contribution in [0.25, 0.3) is 11.1 Å². The molecule has 0 N–H and O–H groups in total. The molecule has 1 aromatic carbocycles. The third kappa shape index (κ3) is 2.81. The zero-order valence-corrected chi connectivity index (χ0v) is 13.1. The maximum absolute atomic E-state index is 12.2. The van der Waals surface area contributed by atoms with Gasteiger partial charge in [0.05, 0.1) is 18.8 Å². The van der Waals surface area contributed by atoms with Crippen molar-refractivity contribution in [1.82, 2.24) is 9.47 Å². The minimum Gasteiger partial charge on any atom is -0.408 e. The lowest BCUT2D eigenvalue weighted by Crippen LogP contribution is -2.36. The van der Waals surface area contributed by atoms with E-state index in [-0.39, 0.29) is 5.76 Å². The van der Waals surface area contributed by atoms with Crippen molar-refractivity contribution in [2.24, 2.45) is 5.92 Å². The lowest BCUT2D eigenvalue weighted by Gasteiger charge is -2.24. The molecule has 22 heavy (non-hydrogen) atoms. The van der Waals surface area contributed by atoms with Gasteiger partial charge in [0.15, 0.2) is 5.58 Å². The number of fused-ring (bicyclic) bond motifs is 1. The highest BCUT2D eigenvalue weighted by Gasteiger charge is 2.32. The van der Waals surface area contributed by atoms with Crippen molar-refractivity contribution >= 4 is 22.7 Å². The average molecular weight is 323 g/mol. The van der Waals surface area contributed by atoms with E-state index in [1.54, 1.807) is 16.7 Å². The van der Waals surface area contributed by atoms with E-state index in [2.05, 4.69) is 4.90 Å². The standard InChI is InChI=1S/C16H19ClN2O3/c17-12-1-4-14-15(7-12)22-16(20)19(14)10-18(13-2-3-13)8-11-5-6-21-9-11/h1,4,7,11,13H,2-3,5-6,8-10H2. The molecule has 6 heteroatoms. The molecule has 1 aromatic heterocycles. The number of nitrogens with zero attached hydrogens (tertiary/aromatic N) is 2. The maximum atomic E-state index is 12.2. The Kier molecular flexibility index (Phi) is 3.72. The van der Waals surface area contributed by atoms with Crippen molar-refractivity contribution < 1.29 is 9.15 Å². The highest BCUT2D eigenvalue weighted by Crippen LogP contribution is 2.30. The summed E-state index contributed by atoms with van der Waals surface area (Å²) in [6.07, 6.45) is 3.54. The fraction of sp³-hybridized carbons (Fsp3) is 0.562. The highest BCUT2D eigenvalue weighted by atomic mass is 35.5. The van der Waals surface area contributed by atoms with Crippen LogP contribution in [0.5, 0.6) is 0 Å². The minimum absolute atomic E-state index is 0.314. The van der Waals surface area contributed by atoms with Crippen molar-refractivity contribution in [1.29, 1.82) is 0 Å². The Morgan fingerprint density at radius 3 is 2.91 bits per heavy atom. The first-order valence-corrected chi connectivity index (χ1v) is 8.19. The van der Waals surface area contributed by atoms with Crippen LogP contribution in [0.1, 0.15) is 19.3 Å². The molecular formula is C16H19ClN2O3. The van der Waals surface area contributed by atoms with Gasteiger partial charge in [-0.2, -0.15) is 0 Å². The topological polar surface area (TPSA) is 47.6 Å². The zero-order chi connectivity index (χ0) is 15.1. The molecular weight excluding hydrogens is 304 g/mol. The van der Waals surface area contributed by atoms with E-state index < -0.39 is 0 Å². The Labute approximate surface area is 133 Å². The third-order valence-corrected chi connectivity index (χ3v) is 4.77. The Morgan fingerprint density at radius 2 is 2.18 bits per heavy atom. The van der Waals surface area contributed by atoms with Crippen LogP contribution in [0.3, 0.4) is 0 Å². The van der Waals surface area contributed by atoms with Crippen LogP contribution in [-0.4, -0.2) is 35.3 Å². The van der Waals surface area contributed by atoms with Gasteiger partial charge in [-0.25, -0.2) is 4.79 Å². The van der Waals surface area contributed by atoms with E-state index in [4.69, 9.17) is 20.8 Å². The quantitative estimate of drug-likeness (QED) is 0.849. The number of hydrogen-bond donors (Lipinski definition) is 0. The molecule has 2 heterocycles. The van der Waals surface area contributed by atoms with Crippen molar-refractivity contribution in [3.8, 4) is 0 Å². The summed E-state index contributed by atoms with van der Waals surface area (Å²) in [6.45, 7) is 3.25. The van der Waals surface area contributed by atoms with Gasteiger partial charge in [-0.05, 0) is 37.3 Å². The molecule has 0 spiro atoms. The molecule has 1 aliphatic heterocycles. The second-order valence-electron chi connectivity index (χ2n) is 6.28. The predicted molar refractivity (Wildman–Crippen MR) is 84.1 cm³/mol. The minimum atomic E-state index is -0.314. The molecule has 0 bridgehead atoms. The molecule has 5 nitrogen and oxygen atoms in total. The van der Waals surface area contributed by atoms with Crippen LogP contribution in [-0.2, 0) is 11.4 Å². The molecule has 2 aliphatic rings. The molecule has 2 fully saturated rings. The number of oxazole rings is 1. The predicted octanol–water partition coefficient (Wildman–Crippen LogP) is 2.71. The van der Waals surface area contributed by atoms with Crippen LogP contribution >= 0.6 is 11.6 Å². The summed E-state index contributed by atoms with van der Waals surface area (Å²) in [5, 5.41) is 0.579. The Bertz CT molecular complexity index is 729. The second kappa shape index (κ2) is 5.72. The summed E-state index contributed by atoms with van der Waals surface area (Å²) in [4.78, 5) is 14.6. The normalized spacial score (nSPS) is 22.0. The van der Waals surface area contributed by atoms with Gasteiger partial charge < -0.3 is 9.15 Å². The molecule has 4 rings (SSSR count). The molecule has 1 aliphatic carbocycles. The van der Waals surface area contributed by atoms with Gasteiger partial charge >= 0.3 is 5.76 Å². The van der Waals surface area contributed by atoms with Gasteiger partial charge in [-0.3, -0.25) is 9.47 Å². The molecule has 0 radical (unpaired) electrons. The molecule has 0 amide bonds. The first kappa shape index (κ1) is 14.3. The van der Waals surface area contributed by atoms with Gasteiger partial charge in [-0.15, -0.1) is 0 Å². The van der Waals surface area contributed by atoms with E-state index >= 15 is 0 Å². The molecule has 118 valence electrons. The number of ether oxygens (including phenoxy) is 1. The Balaban J connectivity index is 1.60. The Hall–Kier alpha value is -1.30. The number of aromatic nitrogens is 1. The summed E-state index contributed by atoms with van der Waals surface area (Å²) in [5.74, 6) is 0.259. The average Bonchev–Trinajstić information content (AvgIpc) is 3.13.